The monoisotopic (exact) mass is 418 g/mol. The van der Waals surface area contributed by atoms with Crippen molar-refractivity contribution in [2.75, 3.05) is 0 Å². The molecule has 2 heterocycles. The molecule has 3 aromatic rings. The maximum Gasteiger partial charge on any atom is 0.449 e. The Morgan fingerprint density at radius 3 is 2.28 bits per heavy atom. The van der Waals surface area contributed by atoms with Gasteiger partial charge in [-0.2, -0.15) is 26.3 Å². The van der Waals surface area contributed by atoms with E-state index < -0.39 is 35.1 Å². The summed E-state index contributed by atoms with van der Waals surface area (Å²) in [5, 5.41) is 0. The summed E-state index contributed by atoms with van der Waals surface area (Å²) in [6, 6.07) is 3.59. The van der Waals surface area contributed by atoms with E-state index in [2.05, 4.69) is 11.6 Å². The second-order valence-corrected chi connectivity index (χ2v) is 6.05. The molecular weight excluding hydrogens is 406 g/mol. The van der Waals surface area contributed by atoms with E-state index in [0.717, 1.165) is 29.8 Å². The Kier molecular flexibility index (Phi) is 4.67. The van der Waals surface area contributed by atoms with Gasteiger partial charge in [0.15, 0.2) is 0 Å². The number of benzene rings is 1. The van der Waals surface area contributed by atoms with E-state index in [-0.39, 0.29) is 33.9 Å². The zero-order valence-corrected chi connectivity index (χ0v) is 14.7. The van der Waals surface area contributed by atoms with Gasteiger partial charge in [0.1, 0.15) is 5.69 Å². The first kappa shape index (κ1) is 20.4. The molecule has 0 saturated carbocycles. The van der Waals surface area contributed by atoms with Crippen molar-refractivity contribution < 1.29 is 26.3 Å². The molecule has 0 aliphatic carbocycles. The first-order valence-corrected chi connectivity index (χ1v) is 7.95. The van der Waals surface area contributed by atoms with E-state index in [1.807, 2.05) is 0 Å². The first-order chi connectivity index (χ1) is 13.4. The summed E-state index contributed by atoms with van der Waals surface area (Å²) in [7, 11) is 0.837. The molecule has 3 rings (SSSR count). The summed E-state index contributed by atoms with van der Waals surface area (Å²) in [4.78, 5) is 28.1. The van der Waals surface area contributed by atoms with Gasteiger partial charge in [0, 0.05) is 19.7 Å². The fraction of sp³-hybridized carbons (Fsp3) is 0.235. The van der Waals surface area contributed by atoms with Gasteiger partial charge in [-0.15, -0.1) is 6.58 Å². The van der Waals surface area contributed by atoms with Gasteiger partial charge in [-0.1, -0.05) is 6.08 Å². The minimum absolute atomic E-state index is 0.0661. The summed E-state index contributed by atoms with van der Waals surface area (Å²) in [6.45, 7) is 3.12. The highest BCUT2D eigenvalue weighted by Gasteiger charge is 2.38. The Bertz CT molecular complexity index is 1230. The molecule has 29 heavy (non-hydrogen) atoms. The third-order valence-corrected chi connectivity index (χ3v) is 4.17. The van der Waals surface area contributed by atoms with Crippen LogP contribution in [-0.2, 0) is 25.9 Å². The Morgan fingerprint density at radius 1 is 1.07 bits per heavy atom. The summed E-state index contributed by atoms with van der Waals surface area (Å²) >= 11 is 0. The highest BCUT2D eigenvalue weighted by molar-refractivity contribution is 5.78. The molecule has 0 bridgehead atoms. The average Bonchev–Trinajstić information content (AvgIpc) is 2.96. The summed E-state index contributed by atoms with van der Waals surface area (Å²) in [6.07, 6.45) is -8.50. The second-order valence-electron chi connectivity index (χ2n) is 6.05. The van der Waals surface area contributed by atoms with E-state index in [4.69, 9.17) is 0 Å². The van der Waals surface area contributed by atoms with Crippen LogP contribution in [0.4, 0.5) is 26.3 Å². The van der Waals surface area contributed by atoms with E-state index >= 15 is 0 Å². The molecule has 1 aromatic carbocycles. The van der Waals surface area contributed by atoms with Crippen LogP contribution < -0.4 is 11.2 Å². The average molecular weight is 418 g/mol. The first-order valence-electron chi connectivity index (χ1n) is 7.95. The molecule has 154 valence electrons. The van der Waals surface area contributed by atoms with Gasteiger partial charge in [-0.25, -0.2) is 14.3 Å². The lowest BCUT2D eigenvalue weighted by Crippen LogP contribution is -2.40. The molecule has 0 spiro atoms. The number of allylic oxidation sites excluding steroid dienone is 1. The Labute approximate surface area is 157 Å². The number of alkyl halides is 6. The molecule has 0 aliphatic rings. The summed E-state index contributed by atoms with van der Waals surface area (Å²) in [5.74, 6) is -1.21. The molecule has 0 aliphatic heterocycles. The van der Waals surface area contributed by atoms with Crippen molar-refractivity contribution >= 4 is 11.0 Å². The zero-order valence-electron chi connectivity index (χ0n) is 14.7. The van der Waals surface area contributed by atoms with Crippen LogP contribution in [0.3, 0.4) is 0 Å². The van der Waals surface area contributed by atoms with Gasteiger partial charge in [0.25, 0.3) is 5.56 Å². The Hall–Kier alpha value is -3.31. The van der Waals surface area contributed by atoms with Gasteiger partial charge in [-0.05, 0) is 18.2 Å². The van der Waals surface area contributed by atoms with Crippen molar-refractivity contribution in [3.05, 3.63) is 69.3 Å². The molecule has 12 heteroatoms. The minimum atomic E-state index is -4.93. The third-order valence-electron chi connectivity index (χ3n) is 4.17. The van der Waals surface area contributed by atoms with Crippen LogP contribution in [0.5, 0.6) is 0 Å². The predicted molar refractivity (Wildman–Crippen MR) is 90.8 cm³/mol. The standard InChI is InChI=1S/C17H12F6N4O2/c1-3-6-26-11-7-9(4-5-10(11)24-14(26)17(21,22)23)27-13(28)8-12(16(18,19)20)25(2)15(27)29/h3-5,7-8H,1,6H2,2H3. The molecule has 0 saturated heterocycles. The number of rotatable bonds is 3. The van der Waals surface area contributed by atoms with Crippen LogP contribution in [0, 0.1) is 0 Å². The van der Waals surface area contributed by atoms with Crippen LogP contribution in [0.25, 0.3) is 16.7 Å². The van der Waals surface area contributed by atoms with Gasteiger partial charge in [0.05, 0.1) is 16.7 Å². The van der Waals surface area contributed by atoms with Crippen LogP contribution in [0.1, 0.15) is 11.5 Å². The van der Waals surface area contributed by atoms with E-state index in [1.54, 1.807) is 0 Å². The number of imidazole rings is 1. The number of fused-ring (bicyclic) bond motifs is 1. The maximum absolute atomic E-state index is 13.2. The second kappa shape index (κ2) is 6.64. The van der Waals surface area contributed by atoms with Crippen molar-refractivity contribution in [1.29, 1.82) is 0 Å². The highest BCUT2D eigenvalue weighted by Crippen LogP contribution is 2.32. The molecule has 0 fully saturated rings. The molecule has 0 amide bonds. The molecule has 0 unspecified atom stereocenters. The largest absolute Gasteiger partial charge is 0.449 e. The fourth-order valence-corrected chi connectivity index (χ4v) is 2.92. The Balaban J connectivity index is 2.31. The lowest BCUT2D eigenvalue weighted by atomic mass is 10.2. The van der Waals surface area contributed by atoms with E-state index in [9.17, 15) is 35.9 Å². The van der Waals surface area contributed by atoms with Crippen molar-refractivity contribution in [2.45, 2.75) is 18.9 Å². The van der Waals surface area contributed by atoms with Crippen LogP contribution >= 0.6 is 0 Å². The molecule has 6 nitrogen and oxygen atoms in total. The van der Waals surface area contributed by atoms with E-state index in [0.29, 0.717) is 4.57 Å². The van der Waals surface area contributed by atoms with Crippen LogP contribution in [0.15, 0.2) is 46.5 Å². The van der Waals surface area contributed by atoms with E-state index in [1.165, 1.54) is 6.08 Å². The summed E-state index contributed by atoms with van der Waals surface area (Å²) in [5.41, 5.74) is -4.35. The normalized spacial score (nSPS) is 12.5. The molecule has 0 radical (unpaired) electrons. The molecule has 0 N–H and O–H groups in total. The van der Waals surface area contributed by atoms with Gasteiger partial charge < -0.3 is 4.57 Å². The number of halogens is 6. The molecule has 2 aromatic heterocycles. The predicted octanol–water partition coefficient (Wildman–Crippen LogP) is 3.11. The summed E-state index contributed by atoms with van der Waals surface area (Å²) < 4.78 is 80.1. The maximum atomic E-state index is 13.2. The number of aromatic nitrogens is 4. The SMILES string of the molecule is C=CCn1c(C(F)(F)F)nc2ccc(-n3c(=O)cc(C(F)(F)F)n(C)c3=O)cc21. The van der Waals surface area contributed by atoms with Crippen molar-refractivity contribution in [1.82, 2.24) is 18.7 Å². The van der Waals surface area contributed by atoms with Gasteiger partial charge in [-0.3, -0.25) is 9.36 Å². The molecule has 0 atom stereocenters. The lowest BCUT2D eigenvalue weighted by molar-refractivity contribution is -0.146. The molecular formula is C17H12F6N4O2. The lowest BCUT2D eigenvalue weighted by Gasteiger charge is -2.14. The smallest absolute Gasteiger partial charge is 0.316 e. The highest BCUT2D eigenvalue weighted by atomic mass is 19.4. The fourth-order valence-electron chi connectivity index (χ4n) is 2.92. The van der Waals surface area contributed by atoms with Crippen molar-refractivity contribution in [3.8, 4) is 5.69 Å². The minimum Gasteiger partial charge on any atom is -0.316 e. The topological polar surface area (TPSA) is 61.8 Å². The van der Waals surface area contributed by atoms with Gasteiger partial charge in [0.2, 0.25) is 5.82 Å². The third kappa shape index (κ3) is 3.45. The van der Waals surface area contributed by atoms with Gasteiger partial charge >= 0.3 is 18.0 Å². The zero-order chi connectivity index (χ0) is 21.7. The number of nitrogens with zero attached hydrogens (tertiary/aromatic N) is 4. The quantitative estimate of drug-likeness (QED) is 0.485. The van der Waals surface area contributed by atoms with Crippen molar-refractivity contribution in [2.24, 2.45) is 7.05 Å². The van der Waals surface area contributed by atoms with Crippen LogP contribution in [0.2, 0.25) is 0 Å². The number of hydrogen-bond donors (Lipinski definition) is 0. The Morgan fingerprint density at radius 2 is 1.72 bits per heavy atom. The van der Waals surface area contributed by atoms with Crippen molar-refractivity contribution in [3.63, 3.8) is 0 Å². The van der Waals surface area contributed by atoms with Crippen LogP contribution in [-0.4, -0.2) is 18.7 Å². The number of hydrogen-bond acceptors (Lipinski definition) is 3.